The Morgan fingerprint density at radius 1 is 1.43 bits per heavy atom. The molecule has 0 bridgehead atoms. The highest BCUT2D eigenvalue weighted by Gasteiger charge is 2.29. The van der Waals surface area contributed by atoms with Crippen molar-refractivity contribution in [3.8, 4) is 0 Å². The maximum atomic E-state index is 12.6. The molecule has 1 fully saturated rings. The molecule has 130 valence electrons. The molecule has 2 rings (SSSR count). The largest absolute Gasteiger partial charge is 0.394 e. The minimum Gasteiger partial charge on any atom is -0.394 e. The smallest absolute Gasteiger partial charge is 0.272 e. The average molecular weight is 323 g/mol. The molecule has 0 aromatic carbocycles. The van der Waals surface area contributed by atoms with Gasteiger partial charge in [0.05, 0.1) is 19.3 Å². The van der Waals surface area contributed by atoms with Crippen molar-refractivity contribution in [1.82, 2.24) is 10.2 Å². The van der Waals surface area contributed by atoms with Crippen molar-refractivity contribution in [2.24, 2.45) is 5.92 Å². The van der Waals surface area contributed by atoms with Crippen molar-refractivity contribution in [2.75, 3.05) is 32.8 Å². The molecule has 0 radical (unpaired) electrons. The second-order valence-electron chi connectivity index (χ2n) is 6.74. The van der Waals surface area contributed by atoms with Gasteiger partial charge in [-0.15, -0.1) is 0 Å². The first-order chi connectivity index (χ1) is 11.0. The van der Waals surface area contributed by atoms with Crippen molar-refractivity contribution in [3.05, 3.63) is 11.3 Å². The summed E-state index contributed by atoms with van der Waals surface area (Å²) >= 11 is 0. The summed E-state index contributed by atoms with van der Waals surface area (Å²) in [6, 6.07) is 0. The predicted molar refractivity (Wildman–Crippen MR) is 89.5 cm³/mol. The van der Waals surface area contributed by atoms with Gasteiger partial charge in [0.2, 0.25) is 0 Å². The van der Waals surface area contributed by atoms with E-state index in [0.29, 0.717) is 25.6 Å². The topological polar surface area (TPSA) is 85.7 Å². The van der Waals surface area contributed by atoms with Crippen LogP contribution in [0.15, 0.2) is 11.3 Å². The zero-order chi connectivity index (χ0) is 16.8. The summed E-state index contributed by atoms with van der Waals surface area (Å²) in [5.74, 6) is 0.285. The van der Waals surface area contributed by atoms with E-state index in [1.807, 2.05) is 0 Å². The summed E-state index contributed by atoms with van der Waals surface area (Å²) in [7, 11) is 0. The van der Waals surface area contributed by atoms with Crippen LogP contribution in [0.2, 0.25) is 0 Å². The second kappa shape index (κ2) is 8.45. The number of ether oxygens (including phenoxy) is 1. The van der Waals surface area contributed by atoms with Gasteiger partial charge >= 0.3 is 0 Å². The average Bonchev–Trinajstić information content (AvgIpc) is 2.59. The summed E-state index contributed by atoms with van der Waals surface area (Å²) in [4.78, 5) is 14.3. The minimum atomic E-state index is -0.334. The summed E-state index contributed by atoms with van der Waals surface area (Å²) in [6.45, 7) is 6.33. The molecule has 0 aromatic rings. The standard InChI is InChI=1S/C17H29N3O3/c1-12(2)9-19-15-6-4-3-5-14(15)16(18)17(22)20-7-8-23-13(10-20)11-21/h12-13,18-19,21H,3-11H2,1-2H3/t13-/m1/s1. The molecule has 2 aliphatic rings. The molecule has 6 nitrogen and oxygen atoms in total. The van der Waals surface area contributed by atoms with E-state index in [9.17, 15) is 9.90 Å². The lowest BCUT2D eigenvalue weighted by Crippen LogP contribution is -2.49. The number of nitrogens with zero attached hydrogens (tertiary/aromatic N) is 1. The van der Waals surface area contributed by atoms with Crippen LogP contribution < -0.4 is 5.32 Å². The molecule has 1 amide bonds. The van der Waals surface area contributed by atoms with E-state index in [2.05, 4.69) is 19.2 Å². The number of hydrogen-bond donors (Lipinski definition) is 3. The molecular formula is C17H29N3O3. The van der Waals surface area contributed by atoms with Gasteiger partial charge in [0.25, 0.3) is 5.91 Å². The molecule has 1 aliphatic carbocycles. The van der Waals surface area contributed by atoms with E-state index in [4.69, 9.17) is 10.1 Å². The zero-order valence-electron chi connectivity index (χ0n) is 14.2. The highest BCUT2D eigenvalue weighted by molar-refractivity contribution is 6.44. The van der Waals surface area contributed by atoms with Crippen LogP contribution >= 0.6 is 0 Å². The SMILES string of the molecule is CC(C)CNC1=C(C(=N)C(=O)N2CCO[C@@H](CO)C2)CCCC1. The van der Waals surface area contributed by atoms with E-state index >= 15 is 0 Å². The van der Waals surface area contributed by atoms with Crippen molar-refractivity contribution in [2.45, 2.75) is 45.6 Å². The second-order valence-corrected chi connectivity index (χ2v) is 6.74. The molecule has 1 aliphatic heterocycles. The summed E-state index contributed by atoms with van der Waals surface area (Å²) in [6.07, 6.45) is 3.51. The normalized spacial score (nSPS) is 22.4. The van der Waals surface area contributed by atoms with E-state index in [-0.39, 0.29) is 24.3 Å². The van der Waals surface area contributed by atoms with Crippen LogP contribution in [0.5, 0.6) is 0 Å². The molecule has 0 aromatic heterocycles. The third kappa shape index (κ3) is 4.78. The summed E-state index contributed by atoms with van der Waals surface area (Å²) in [5, 5.41) is 21.0. The lowest BCUT2D eigenvalue weighted by molar-refractivity contribution is -0.133. The van der Waals surface area contributed by atoms with Crippen molar-refractivity contribution < 1.29 is 14.6 Å². The van der Waals surface area contributed by atoms with Crippen LogP contribution in [0.25, 0.3) is 0 Å². The lowest BCUT2D eigenvalue weighted by atomic mass is 9.92. The van der Waals surface area contributed by atoms with Gasteiger partial charge in [0.1, 0.15) is 5.71 Å². The van der Waals surface area contributed by atoms with Crippen LogP contribution in [0.1, 0.15) is 39.5 Å². The molecule has 1 saturated heterocycles. The highest BCUT2D eigenvalue weighted by atomic mass is 16.5. The quantitative estimate of drug-likeness (QED) is 0.643. The Hall–Kier alpha value is -1.40. The van der Waals surface area contributed by atoms with Crippen LogP contribution in [0.4, 0.5) is 0 Å². The molecule has 1 heterocycles. The number of aliphatic hydroxyl groups is 1. The predicted octanol–water partition coefficient (Wildman–Crippen LogP) is 1.30. The maximum absolute atomic E-state index is 12.6. The van der Waals surface area contributed by atoms with Crippen molar-refractivity contribution in [3.63, 3.8) is 0 Å². The van der Waals surface area contributed by atoms with Gasteiger partial charge in [-0.3, -0.25) is 10.2 Å². The Morgan fingerprint density at radius 2 is 2.17 bits per heavy atom. The van der Waals surface area contributed by atoms with Crippen LogP contribution in [0.3, 0.4) is 0 Å². The number of hydrogen-bond acceptors (Lipinski definition) is 5. The fraction of sp³-hybridized carbons (Fsp3) is 0.765. The van der Waals surface area contributed by atoms with Crippen LogP contribution in [0, 0.1) is 11.3 Å². The lowest BCUT2D eigenvalue weighted by Gasteiger charge is -2.33. The van der Waals surface area contributed by atoms with Gasteiger partial charge in [-0.1, -0.05) is 13.8 Å². The molecule has 0 unspecified atom stereocenters. The van der Waals surface area contributed by atoms with E-state index in [1.54, 1.807) is 4.90 Å². The minimum absolute atomic E-state index is 0.0962. The maximum Gasteiger partial charge on any atom is 0.272 e. The van der Waals surface area contributed by atoms with Crippen LogP contribution in [-0.2, 0) is 9.53 Å². The first-order valence-corrected chi connectivity index (χ1v) is 8.59. The van der Waals surface area contributed by atoms with Crippen LogP contribution in [-0.4, -0.2) is 60.6 Å². The number of nitrogens with one attached hydrogen (secondary N) is 2. The van der Waals surface area contributed by atoms with Gasteiger partial charge in [0.15, 0.2) is 0 Å². The number of carbonyl (C=O) groups excluding carboxylic acids is 1. The third-order valence-corrected chi connectivity index (χ3v) is 4.34. The Balaban J connectivity index is 2.07. The molecule has 0 spiro atoms. The number of aliphatic hydroxyl groups excluding tert-OH is 1. The van der Waals surface area contributed by atoms with Crippen molar-refractivity contribution >= 4 is 11.6 Å². The molecule has 1 atom stereocenters. The molecule has 6 heteroatoms. The Kier molecular flexibility index (Phi) is 6.59. The number of carbonyl (C=O) groups is 1. The first-order valence-electron chi connectivity index (χ1n) is 8.59. The van der Waals surface area contributed by atoms with Gasteiger partial charge in [0, 0.05) is 30.9 Å². The highest BCUT2D eigenvalue weighted by Crippen LogP contribution is 2.25. The summed E-state index contributed by atoms with van der Waals surface area (Å²) < 4.78 is 5.38. The van der Waals surface area contributed by atoms with E-state index in [1.165, 1.54) is 0 Å². The molecule has 3 N–H and O–H groups in total. The number of rotatable bonds is 6. The van der Waals surface area contributed by atoms with Gasteiger partial charge in [-0.05, 0) is 31.6 Å². The third-order valence-electron chi connectivity index (χ3n) is 4.34. The molecule has 0 saturated carbocycles. The van der Waals surface area contributed by atoms with Gasteiger partial charge in [-0.25, -0.2) is 0 Å². The number of morpholine rings is 1. The Bertz CT molecular complexity index is 474. The first kappa shape index (κ1) is 17.9. The van der Waals surface area contributed by atoms with E-state index < -0.39 is 0 Å². The molecular weight excluding hydrogens is 294 g/mol. The Labute approximate surface area is 138 Å². The summed E-state index contributed by atoms with van der Waals surface area (Å²) in [5.41, 5.74) is 2.04. The molecule has 23 heavy (non-hydrogen) atoms. The van der Waals surface area contributed by atoms with E-state index in [0.717, 1.165) is 43.5 Å². The number of allylic oxidation sites excluding steroid dienone is 1. The van der Waals surface area contributed by atoms with Gasteiger partial charge < -0.3 is 20.1 Å². The van der Waals surface area contributed by atoms with Gasteiger partial charge in [-0.2, -0.15) is 0 Å². The zero-order valence-corrected chi connectivity index (χ0v) is 14.2. The Morgan fingerprint density at radius 3 is 2.87 bits per heavy atom. The monoisotopic (exact) mass is 323 g/mol. The van der Waals surface area contributed by atoms with Crippen molar-refractivity contribution in [1.29, 1.82) is 5.41 Å². The number of amides is 1. The fourth-order valence-electron chi connectivity index (χ4n) is 3.01. The fourth-order valence-corrected chi connectivity index (χ4v) is 3.01.